The van der Waals surface area contributed by atoms with Crippen molar-refractivity contribution in [3.63, 3.8) is 0 Å². The van der Waals surface area contributed by atoms with Gasteiger partial charge in [-0.15, -0.1) is 0 Å². The molecule has 3 fully saturated rings. The monoisotopic (exact) mass is 570 g/mol. The highest BCUT2D eigenvalue weighted by Gasteiger charge is 2.31. The zero-order valence-corrected chi connectivity index (χ0v) is 22.9. The lowest BCUT2D eigenvalue weighted by Gasteiger charge is -2.31. The minimum absolute atomic E-state index is 0.0718. The highest BCUT2D eigenvalue weighted by Crippen LogP contribution is 2.32. The fourth-order valence-electron chi connectivity index (χ4n) is 6.07. The van der Waals surface area contributed by atoms with Gasteiger partial charge in [0, 0.05) is 31.1 Å². The molecule has 2 saturated carbocycles. The van der Waals surface area contributed by atoms with Gasteiger partial charge in [-0.25, -0.2) is 13.8 Å². The summed E-state index contributed by atoms with van der Waals surface area (Å²) in [6.45, 7) is 2.20. The molecule has 3 aliphatic rings. The van der Waals surface area contributed by atoms with E-state index in [-0.39, 0.29) is 41.7 Å². The van der Waals surface area contributed by atoms with Crippen molar-refractivity contribution in [1.29, 1.82) is 0 Å². The summed E-state index contributed by atoms with van der Waals surface area (Å²) >= 11 is 0. The van der Waals surface area contributed by atoms with Crippen LogP contribution in [0.5, 0.6) is 5.88 Å². The average molecular weight is 571 g/mol. The van der Waals surface area contributed by atoms with Gasteiger partial charge in [0.05, 0.1) is 30.4 Å². The van der Waals surface area contributed by atoms with Crippen molar-refractivity contribution in [3.05, 3.63) is 36.2 Å². The first kappa shape index (κ1) is 27.8. The third kappa shape index (κ3) is 6.28. The van der Waals surface area contributed by atoms with Crippen LogP contribution in [-0.4, -0.2) is 75.1 Å². The number of alkyl halides is 2. The number of nitrogens with one attached hydrogen (secondary N) is 1. The summed E-state index contributed by atoms with van der Waals surface area (Å²) in [5.41, 5.74) is 0.984. The third-order valence-corrected chi connectivity index (χ3v) is 8.36. The molecule has 0 radical (unpaired) electrons. The molecule has 1 amide bonds. The lowest BCUT2D eigenvalue weighted by atomic mass is 9.86. The number of hydrogen-bond donors (Lipinski definition) is 2. The smallest absolute Gasteiger partial charge is 0.296 e. The molecule has 12 heteroatoms. The number of aliphatic hydroxyl groups is 1. The molecule has 2 aliphatic carbocycles. The summed E-state index contributed by atoms with van der Waals surface area (Å²) in [7, 11) is 0. The van der Waals surface area contributed by atoms with E-state index in [1.807, 2.05) is 4.90 Å². The van der Waals surface area contributed by atoms with Crippen LogP contribution in [0.4, 0.5) is 14.7 Å². The van der Waals surface area contributed by atoms with E-state index in [0.717, 1.165) is 25.7 Å². The van der Waals surface area contributed by atoms with Crippen LogP contribution in [0.3, 0.4) is 0 Å². The minimum atomic E-state index is -2.80. The van der Waals surface area contributed by atoms with Crippen LogP contribution < -0.4 is 15.0 Å². The van der Waals surface area contributed by atoms with Crippen LogP contribution in [0.1, 0.15) is 63.6 Å². The second-order valence-corrected chi connectivity index (χ2v) is 11.2. The van der Waals surface area contributed by atoms with Gasteiger partial charge in [-0.1, -0.05) is 12.1 Å². The number of carbonyl (C=O) groups is 1. The summed E-state index contributed by atoms with van der Waals surface area (Å²) < 4.78 is 41.4. The Morgan fingerprint density at radius 3 is 2.46 bits per heavy atom. The SMILES string of the molecule is O=C(N[C@H]1CC[C@H](O)CC1)[C@H]1CC[C@H](Oc2cc(-n3c(C(F)F)nc4ccccc43)nc(N3CCOCC3)n2)CC1. The molecule has 41 heavy (non-hydrogen) atoms. The Balaban J connectivity index is 1.20. The van der Waals surface area contributed by atoms with Crippen LogP contribution in [0, 0.1) is 5.92 Å². The lowest BCUT2D eigenvalue weighted by Crippen LogP contribution is -2.43. The van der Waals surface area contributed by atoms with Gasteiger partial charge in [0.15, 0.2) is 5.82 Å². The standard InChI is InChI=1S/C29H36F2N6O4/c30-26(31)27-33-22-3-1-2-4-23(22)37(27)24-17-25(35-29(34-24)36-13-15-40-16-14-36)41-21-11-5-18(6-12-21)28(39)32-19-7-9-20(38)10-8-19/h1-4,17-21,26,38H,5-16H2,(H,32,39)/t18-,19-,20-,21-. The van der Waals surface area contributed by atoms with Gasteiger partial charge in [0.2, 0.25) is 17.7 Å². The molecule has 3 heterocycles. The Morgan fingerprint density at radius 2 is 1.73 bits per heavy atom. The number of ether oxygens (including phenoxy) is 2. The van der Waals surface area contributed by atoms with Gasteiger partial charge in [0.25, 0.3) is 6.43 Å². The molecule has 10 nitrogen and oxygen atoms in total. The predicted molar refractivity (Wildman–Crippen MR) is 147 cm³/mol. The van der Waals surface area contributed by atoms with Crippen LogP contribution >= 0.6 is 0 Å². The molecule has 1 aromatic carbocycles. The second-order valence-electron chi connectivity index (χ2n) is 11.2. The van der Waals surface area contributed by atoms with E-state index >= 15 is 0 Å². The van der Waals surface area contributed by atoms with Gasteiger partial charge < -0.3 is 24.8 Å². The number of aromatic nitrogens is 4. The molecular weight excluding hydrogens is 534 g/mol. The topological polar surface area (TPSA) is 115 Å². The van der Waals surface area contributed by atoms with E-state index in [4.69, 9.17) is 9.47 Å². The Morgan fingerprint density at radius 1 is 1.00 bits per heavy atom. The number of halogens is 2. The number of rotatable bonds is 7. The van der Waals surface area contributed by atoms with Gasteiger partial charge in [0.1, 0.15) is 11.9 Å². The first-order chi connectivity index (χ1) is 19.9. The molecule has 0 atom stereocenters. The van der Waals surface area contributed by atoms with Crippen molar-refractivity contribution < 1.29 is 28.2 Å². The maximum absolute atomic E-state index is 14.1. The zero-order valence-electron chi connectivity index (χ0n) is 22.9. The van der Waals surface area contributed by atoms with E-state index in [1.54, 1.807) is 30.3 Å². The van der Waals surface area contributed by atoms with Gasteiger partial charge >= 0.3 is 0 Å². The average Bonchev–Trinajstić information content (AvgIpc) is 3.39. The number of benzene rings is 1. The van der Waals surface area contributed by atoms with Gasteiger partial charge in [-0.2, -0.15) is 9.97 Å². The Labute approximate surface area is 237 Å². The molecule has 0 bridgehead atoms. The third-order valence-electron chi connectivity index (χ3n) is 8.36. The molecular formula is C29H36F2N6O4. The highest BCUT2D eigenvalue weighted by molar-refractivity contribution is 5.79. The van der Waals surface area contributed by atoms with E-state index in [9.17, 15) is 18.7 Å². The van der Waals surface area contributed by atoms with Crippen LogP contribution in [0.15, 0.2) is 30.3 Å². The first-order valence-electron chi connectivity index (χ1n) is 14.6. The normalized spacial score (nSPS) is 25.4. The summed E-state index contributed by atoms with van der Waals surface area (Å²) in [5.74, 6) is 0.592. The number of imidazole rings is 1. The number of aliphatic hydroxyl groups excluding tert-OH is 1. The summed E-state index contributed by atoms with van der Waals surface area (Å²) in [4.78, 5) is 28.4. The summed E-state index contributed by atoms with van der Waals surface area (Å²) in [6, 6.07) is 8.72. The number of hydrogen-bond acceptors (Lipinski definition) is 8. The van der Waals surface area contributed by atoms with E-state index in [1.165, 1.54) is 4.57 Å². The Kier molecular flexibility index (Phi) is 8.29. The van der Waals surface area contributed by atoms with E-state index in [0.29, 0.717) is 74.8 Å². The molecule has 1 saturated heterocycles. The Hall–Kier alpha value is -3.38. The highest BCUT2D eigenvalue weighted by atomic mass is 19.3. The fraction of sp³-hybridized carbons (Fsp3) is 0.586. The number of para-hydroxylation sites is 2. The molecule has 2 aromatic heterocycles. The van der Waals surface area contributed by atoms with Gasteiger partial charge in [-0.05, 0) is 63.5 Å². The zero-order chi connectivity index (χ0) is 28.3. The van der Waals surface area contributed by atoms with Crippen molar-refractivity contribution in [3.8, 4) is 11.7 Å². The van der Waals surface area contributed by atoms with Gasteiger partial charge in [-0.3, -0.25) is 9.36 Å². The van der Waals surface area contributed by atoms with Crippen molar-refractivity contribution >= 4 is 22.9 Å². The van der Waals surface area contributed by atoms with Crippen LogP contribution in [-0.2, 0) is 9.53 Å². The number of amides is 1. The minimum Gasteiger partial charge on any atom is -0.474 e. The summed E-state index contributed by atoms with van der Waals surface area (Å²) in [5, 5.41) is 12.9. The molecule has 0 unspecified atom stereocenters. The second kappa shape index (κ2) is 12.2. The van der Waals surface area contributed by atoms with Crippen LogP contribution in [0.25, 0.3) is 16.9 Å². The molecule has 220 valence electrons. The fourth-order valence-corrected chi connectivity index (χ4v) is 6.07. The van der Waals surface area contributed by atoms with Crippen molar-refractivity contribution in [2.75, 3.05) is 31.2 Å². The quantitative estimate of drug-likeness (QED) is 0.439. The molecule has 0 spiro atoms. The molecule has 6 rings (SSSR count). The Bertz CT molecular complexity index is 1350. The van der Waals surface area contributed by atoms with Crippen molar-refractivity contribution in [2.24, 2.45) is 5.92 Å². The number of anilines is 1. The largest absolute Gasteiger partial charge is 0.474 e. The number of fused-ring (bicyclic) bond motifs is 1. The first-order valence-corrected chi connectivity index (χ1v) is 14.6. The van der Waals surface area contributed by atoms with Crippen molar-refractivity contribution in [1.82, 2.24) is 24.8 Å². The maximum atomic E-state index is 14.1. The molecule has 2 N–H and O–H groups in total. The van der Waals surface area contributed by atoms with Crippen LogP contribution in [0.2, 0.25) is 0 Å². The summed E-state index contributed by atoms with van der Waals surface area (Å²) in [6.07, 6.45) is 2.64. The molecule has 1 aliphatic heterocycles. The lowest BCUT2D eigenvalue weighted by molar-refractivity contribution is -0.127. The number of morpholine rings is 1. The van der Waals surface area contributed by atoms with E-state index < -0.39 is 6.43 Å². The number of nitrogens with zero attached hydrogens (tertiary/aromatic N) is 5. The van der Waals surface area contributed by atoms with E-state index in [2.05, 4.69) is 20.3 Å². The number of carbonyl (C=O) groups excluding carboxylic acids is 1. The predicted octanol–water partition coefficient (Wildman–Crippen LogP) is 3.95. The maximum Gasteiger partial charge on any atom is 0.296 e. The molecule has 3 aromatic rings. The van der Waals surface area contributed by atoms with Crippen molar-refractivity contribution in [2.45, 2.75) is 76.0 Å².